The van der Waals surface area contributed by atoms with Crippen LogP contribution in [-0.4, -0.2) is 15.7 Å². The van der Waals surface area contributed by atoms with E-state index in [1.807, 2.05) is 0 Å². The minimum absolute atomic E-state index is 0.230. The van der Waals surface area contributed by atoms with E-state index in [1.54, 1.807) is 18.2 Å². The Kier molecular flexibility index (Phi) is 3.06. The van der Waals surface area contributed by atoms with E-state index < -0.39 is 19.2 Å². The largest absolute Gasteiger partial charge is 0.369 e. The third-order valence-electron chi connectivity index (χ3n) is 1.72. The van der Waals surface area contributed by atoms with Crippen LogP contribution in [0.15, 0.2) is 30.3 Å². The van der Waals surface area contributed by atoms with E-state index in [0.717, 1.165) is 0 Å². The fraction of sp³-hybridized carbons (Fsp3) is 0.125. The van der Waals surface area contributed by atoms with Crippen molar-refractivity contribution in [3.05, 3.63) is 35.9 Å². The van der Waals surface area contributed by atoms with Gasteiger partial charge in [-0.1, -0.05) is 30.3 Å². The highest BCUT2D eigenvalue weighted by molar-refractivity contribution is 7.53. The molecule has 0 spiro atoms. The number of carbonyl (C=O) groups is 1. The zero-order valence-corrected chi connectivity index (χ0v) is 8.09. The summed E-state index contributed by atoms with van der Waals surface area (Å²) in [5.41, 5.74) is 3.60. The third kappa shape index (κ3) is 2.42. The highest BCUT2D eigenvalue weighted by Gasteiger charge is 2.35. The fourth-order valence-electron chi connectivity index (χ4n) is 1.16. The molecule has 1 aromatic rings. The van der Waals surface area contributed by atoms with Crippen molar-refractivity contribution < 1.29 is 19.1 Å². The summed E-state index contributed by atoms with van der Waals surface area (Å²) >= 11 is 0. The van der Waals surface area contributed by atoms with Crippen molar-refractivity contribution in [2.75, 3.05) is 0 Å². The van der Waals surface area contributed by atoms with Crippen LogP contribution in [0.3, 0.4) is 0 Å². The zero-order chi connectivity index (χ0) is 10.8. The summed E-state index contributed by atoms with van der Waals surface area (Å²) in [5, 5.41) is 0. The smallest absolute Gasteiger partial charge is 0.342 e. The van der Waals surface area contributed by atoms with Gasteiger partial charge < -0.3 is 15.5 Å². The predicted molar refractivity (Wildman–Crippen MR) is 50.4 cm³/mol. The van der Waals surface area contributed by atoms with Crippen LogP contribution < -0.4 is 5.73 Å². The zero-order valence-electron chi connectivity index (χ0n) is 7.20. The van der Waals surface area contributed by atoms with Gasteiger partial charge in [-0.15, -0.1) is 0 Å². The molecular formula is C8H10NO4P. The highest BCUT2D eigenvalue weighted by Crippen LogP contribution is 2.51. The summed E-state index contributed by atoms with van der Waals surface area (Å²) < 4.78 is 11.0. The third-order valence-corrected chi connectivity index (χ3v) is 2.95. The minimum atomic E-state index is -4.53. The topological polar surface area (TPSA) is 101 Å². The molecule has 0 heterocycles. The number of benzene rings is 1. The van der Waals surface area contributed by atoms with Crippen molar-refractivity contribution in [1.82, 2.24) is 0 Å². The first-order valence-electron chi connectivity index (χ1n) is 3.82. The van der Waals surface area contributed by atoms with Crippen LogP contribution in [0.1, 0.15) is 11.2 Å². The Morgan fingerprint density at radius 2 is 1.79 bits per heavy atom. The van der Waals surface area contributed by atoms with Gasteiger partial charge in [0.1, 0.15) is 0 Å². The van der Waals surface area contributed by atoms with Gasteiger partial charge >= 0.3 is 7.60 Å². The lowest BCUT2D eigenvalue weighted by Crippen LogP contribution is -2.21. The lowest BCUT2D eigenvalue weighted by Gasteiger charge is -2.14. The molecular weight excluding hydrogens is 205 g/mol. The normalized spacial score (nSPS) is 13.6. The van der Waals surface area contributed by atoms with E-state index in [2.05, 4.69) is 0 Å². The molecule has 0 saturated heterocycles. The quantitative estimate of drug-likeness (QED) is 0.635. The molecule has 1 rings (SSSR count). The van der Waals surface area contributed by atoms with Crippen molar-refractivity contribution in [3.8, 4) is 0 Å². The number of rotatable bonds is 3. The Bertz CT molecular complexity index is 372. The molecule has 0 radical (unpaired) electrons. The summed E-state index contributed by atoms with van der Waals surface area (Å²) in [5.74, 6) is -1.02. The number of hydrogen-bond acceptors (Lipinski definition) is 2. The Labute approximate surface area is 80.7 Å². The maximum Gasteiger partial charge on any atom is 0.342 e. The lowest BCUT2D eigenvalue weighted by atomic mass is 10.1. The van der Waals surface area contributed by atoms with Crippen molar-refractivity contribution in [3.63, 3.8) is 0 Å². The molecule has 0 aliphatic heterocycles. The molecule has 1 unspecified atom stereocenters. The Morgan fingerprint density at radius 3 is 2.14 bits per heavy atom. The van der Waals surface area contributed by atoms with Crippen LogP contribution in [0.4, 0.5) is 0 Å². The molecule has 5 nitrogen and oxygen atoms in total. The minimum Gasteiger partial charge on any atom is -0.369 e. The van der Waals surface area contributed by atoms with Crippen LogP contribution in [0.2, 0.25) is 0 Å². The lowest BCUT2D eigenvalue weighted by molar-refractivity contribution is -0.118. The average molecular weight is 215 g/mol. The number of carbonyl (C=O) groups excluding carboxylic acids is 1. The molecule has 0 aliphatic rings. The molecule has 6 heteroatoms. The number of nitrogens with two attached hydrogens (primary N) is 1. The molecule has 0 saturated carbocycles. The molecule has 0 aromatic heterocycles. The van der Waals surface area contributed by atoms with Gasteiger partial charge in [-0.3, -0.25) is 9.36 Å². The molecule has 0 bridgehead atoms. The Hall–Kier alpha value is -1.16. The highest BCUT2D eigenvalue weighted by atomic mass is 31.2. The Balaban J connectivity index is 3.15. The van der Waals surface area contributed by atoms with Gasteiger partial charge in [-0.25, -0.2) is 0 Å². The average Bonchev–Trinajstić information content (AvgIpc) is 2.02. The number of hydrogen-bond donors (Lipinski definition) is 3. The maximum atomic E-state index is 11.0. The first kappa shape index (κ1) is 10.9. The van der Waals surface area contributed by atoms with Crippen LogP contribution in [-0.2, 0) is 9.36 Å². The monoisotopic (exact) mass is 215 g/mol. The van der Waals surface area contributed by atoms with Crippen LogP contribution >= 0.6 is 7.60 Å². The summed E-state index contributed by atoms with van der Waals surface area (Å²) in [7, 11) is -4.53. The molecule has 76 valence electrons. The van der Waals surface area contributed by atoms with Crippen molar-refractivity contribution in [2.24, 2.45) is 5.73 Å². The number of amides is 1. The first-order valence-corrected chi connectivity index (χ1v) is 5.50. The van der Waals surface area contributed by atoms with E-state index in [9.17, 15) is 9.36 Å². The van der Waals surface area contributed by atoms with Crippen LogP contribution in [0, 0.1) is 0 Å². The van der Waals surface area contributed by atoms with Gasteiger partial charge in [0.05, 0.1) is 0 Å². The standard InChI is InChI=1S/C8H10NO4P/c9-8(10)7(14(11,12)13)6-4-2-1-3-5-6/h1-5,7H,(H2,9,10)(H2,11,12,13). The molecule has 1 amide bonds. The van der Waals surface area contributed by atoms with E-state index in [4.69, 9.17) is 15.5 Å². The van der Waals surface area contributed by atoms with Gasteiger partial charge in [-0.2, -0.15) is 0 Å². The van der Waals surface area contributed by atoms with E-state index in [0.29, 0.717) is 0 Å². The second-order valence-electron chi connectivity index (χ2n) is 2.80. The van der Waals surface area contributed by atoms with E-state index >= 15 is 0 Å². The van der Waals surface area contributed by atoms with Crippen LogP contribution in [0.5, 0.6) is 0 Å². The maximum absolute atomic E-state index is 11.0. The van der Waals surface area contributed by atoms with Gasteiger partial charge in [0.15, 0.2) is 5.66 Å². The van der Waals surface area contributed by atoms with Crippen molar-refractivity contribution in [1.29, 1.82) is 0 Å². The summed E-state index contributed by atoms with van der Waals surface area (Å²) in [6, 6.07) is 7.76. The summed E-state index contributed by atoms with van der Waals surface area (Å²) in [4.78, 5) is 28.7. The van der Waals surface area contributed by atoms with Crippen LogP contribution in [0.25, 0.3) is 0 Å². The van der Waals surface area contributed by atoms with E-state index in [-0.39, 0.29) is 5.56 Å². The summed E-state index contributed by atoms with van der Waals surface area (Å²) in [6.07, 6.45) is 0. The molecule has 4 N–H and O–H groups in total. The predicted octanol–water partition coefficient (Wildman–Crippen LogP) is 0.391. The summed E-state index contributed by atoms with van der Waals surface area (Å²) in [6.45, 7) is 0. The number of primary amides is 1. The SMILES string of the molecule is NC(=O)C(c1ccccc1)P(=O)(O)O. The van der Waals surface area contributed by atoms with Crippen molar-refractivity contribution in [2.45, 2.75) is 5.66 Å². The fourth-order valence-corrected chi connectivity index (χ4v) is 2.05. The van der Waals surface area contributed by atoms with Gasteiger partial charge in [0.25, 0.3) is 0 Å². The molecule has 14 heavy (non-hydrogen) atoms. The molecule has 1 aromatic carbocycles. The second-order valence-corrected chi connectivity index (χ2v) is 4.50. The van der Waals surface area contributed by atoms with E-state index in [1.165, 1.54) is 12.1 Å². The van der Waals surface area contributed by atoms with Gasteiger partial charge in [0.2, 0.25) is 5.91 Å². The Morgan fingerprint density at radius 1 is 1.29 bits per heavy atom. The van der Waals surface area contributed by atoms with Crippen molar-refractivity contribution >= 4 is 13.5 Å². The molecule has 1 atom stereocenters. The first-order chi connectivity index (χ1) is 6.43. The van der Waals surface area contributed by atoms with Gasteiger partial charge in [-0.05, 0) is 5.56 Å². The van der Waals surface area contributed by atoms with Gasteiger partial charge in [0, 0.05) is 0 Å². The second kappa shape index (κ2) is 3.92. The molecule has 0 fully saturated rings. The molecule has 0 aliphatic carbocycles.